The van der Waals surface area contributed by atoms with Gasteiger partial charge in [-0.3, -0.25) is 4.79 Å². The van der Waals surface area contributed by atoms with E-state index in [0.717, 1.165) is 0 Å². The van der Waals surface area contributed by atoms with Gasteiger partial charge in [0, 0.05) is 10.6 Å². The first-order chi connectivity index (χ1) is 9.08. The second-order valence-electron chi connectivity index (χ2n) is 3.91. The number of para-hydroxylation sites is 1. The summed E-state index contributed by atoms with van der Waals surface area (Å²) in [6.07, 6.45) is 0. The second kappa shape index (κ2) is 5.73. The van der Waals surface area contributed by atoms with Crippen LogP contribution in [0.3, 0.4) is 0 Å². The molecule has 2 aromatic rings. The van der Waals surface area contributed by atoms with Gasteiger partial charge in [0.1, 0.15) is 17.5 Å². The summed E-state index contributed by atoms with van der Waals surface area (Å²) in [5, 5.41) is 9.56. The lowest BCUT2D eigenvalue weighted by Crippen LogP contribution is -2.21. The molecule has 5 heteroatoms. The second-order valence-corrected chi connectivity index (χ2v) is 4.35. The molecule has 0 saturated carbocycles. The molecule has 98 valence electrons. The average molecular weight is 278 g/mol. The minimum absolute atomic E-state index is 0.416. The molecule has 0 aliphatic carbocycles. The zero-order valence-corrected chi connectivity index (χ0v) is 10.7. The van der Waals surface area contributed by atoms with Crippen LogP contribution in [0.15, 0.2) is 48.5 Å². The molecule has 0 spiro atoms. The van der Waals surface area contributed by atoms with E-state index in [1.807, 2.05) is 0 Å². The molecule has 19 heavy (non-hydrogen) atoms. The summed E-state index contributed by atoms with van der Waals surface area (Å²) in [6.45, 7) is 0. The minimum atomic E-state index is -1.12. The molecular weight excluding hydrogens is 266 g/mol. The van der Waals surface area contributed by atoms with Crippen molar-refractivity contribution in [3.05, 3.63) is 59.1 Å². The maximum absolute atomic E-state index is 11.0. The lowest BCUT2D eigenvalue weighted by molar-refractivity contribution is -0.138. The van der Waals surface area contributed by atoms with Crippen molar-refractivity contribution in [3.63, 3.8) is 0 Å². The van der Waals surface area contributed by atoms with Crippen molar-refractivity contribution in [2.24, 2.45) is 5.73 Å². The smallest absolute Gasteiger partial charge is 0.325 e. The largest absolute Gasteiger partial charge is 0.480 e. The number of carbonyl (C=O) groups is 1. The molecule has 0 saturated heterocycles. The Bertz CT molecular complexity index is 583. The van der Waals surface area contributed by atoms with Gasteiger partial charge in [0.05, 0.1) is 0 Å². The number of hydrogen-bond acceptors (Lipinski definition) is 3. The molecule has 0 aliphatic heterocycles. The first kappa shape index (κ1) is 13.4. The van der Waals surface area contributed by atoms with Crippen LogP contribution in [-0.4, -0.2) is 11.1 Å². The zero-order chi connectivity index (χ0) is 13.8. The number of halogens is 1. The summed E-state index contributed by atoms with van der Waals surface area (Å²) >= 11 is 5.78. The molecule has 2 rings (SSSR count). The predicted octanol–water partition coefficient (Wildman–Crippen LogP) is 3.22. The van der Waals surface area contributed by atoms with E-state index in [0.29, 0.717) is 22.1 Å². The van der Waals surface area contributed by atoms with E-state index in [9.17, 15) is 4.79 Å². The van der Waals surface area contributed by atoms with Crippen LogP contribution in [0.4, 0.5) is 0 Å². The highest BCUT2D eigenvalue weighted by Crippen LogP contribution is 2.29. The van der Waals surface area contributed by atoms with Crippen molar-refractivity contribution in [1.29, 1.82) is 0 Å². The lowest BCUT2D eigenvalue weighted by Gasteiger charge is -2.13. The Morgan fingerprint density at radius 3 is 2.42 bits per heavy atom. The van der Waals surface area contributed by atoms with Gasteiger partial charge >= 0.3 is 5.97 Å². The molecule has 0 bridgehead atoms. The van der Waals surface area contributed by atoms with Gasteiger partial charge in [-0.25, -0.2) is 0 Å². The summed E-state index contributed by atoms with van der Waals surface area (Å²) in [5.41, 5.74) is 6.04. The molecule has 0 aromatic heterocycles. The maximum atomic E-state index is 11.0. The number of nitrogens with two attached hydrogens (primary N) is 1. The van der Waals surface area contributed by atoms with Crippen LogP contribution < -0.4 is 10.5 Å². The molecule has 0 heterocycles. The summed E-state index contributed by atoms with van der Waals surface area (Å²) in [4.78, 5) is 11.0. The highest BCUT2D eigenvalue weighted by Gasteiger charge is 2.18. The predicted molar refractivity (Wildman–Crippen MR) is 72.5 cm³/mol. The van der Waals surface area contributed by atoms with E-state index in [-0.39, 0.29) is 0 Å². The van der Waals surface area contributed by atoms with Crippen molar-refractivity contribution in [2.45, 2.75) is 6.04 Å². The minimum Gasteiger partial charge on any atom is -0.480 e. The number of aliphatic carboxylic acids is 1. The Kier molecular flexibility index (Phi) is 4.04. The fourth-order valence-electron chi connectivity index (χ4n) is 1.59. The first-order valence-electron chi connectivity index (χ1n) is 5.58. The van der Waals surface area contributed by atoms with Crippen molar-refractivity contribution < 1.29 is 14.6 Å². The van der Waals surface area contributed by atoms with E-state index in [4.69, 9.17) is 27.2 Å². The van der Waals surface area contributed by atoms with Gasteiger partial charge in [-0.05, 0) is 30.3 Å². The van der Waals surface area contributed by atoms with Crippen LogP contribution in [0, 0.1) is 0 Å². The van der Waals surface area contributed by atoms with Gasteiger partial charge in [0.25, 0.3) is 0 Å². The van der Waals surface area contributed by atoms with Crippen LogP contribution in [0.5, 0.6) is 11.5 Å². The van der Waals surface area contributed by atoms with Gasteiger partial charge in [-0.2, -0.15) is 0 Å². The van der Waals surface area contributed by atoms with E-state index in [2.05, 4.69) is 0 Å². The van der Waals surface area contributed by atoms with Gasteiger partial charge in [-0.1, -0.05) is 29.8 Å². The number of benzene rings is 2. The summed E-state index contributed by atoms with van der Waals surface area (Å²) in [5.74, 6) is -0.124. The Morgan fingerprint density at radius 2 is 1.79 bits per heavy atom. The van der Waals surface area contributed by atoms with E-state index >= 15 is 0 Å². The summed E-state index contributed by atoms with van der Waals surface area (Å²) in [6, 6.07) is 12.4. The molecule has 1 atom stereocenters. The topological polar surface area (TPSA) is 72.6 Å². The fourth-order valence-corrected chi connectivity index (χ4v) is 1.72. The molecule has 0 aliphatic rings. The third-order valence-electron chi connectivity index (χ3n) is 2.56. The molecule has 3 N–H and O–H groups in total. The maximum Gasteiger partial charge on any atom is 0.325 e. The van der Waals surface area contributed by atoms with Crippen LogP contribution in [0.25, 0.3) is 0 Å². The Balaban J connectivity index is 2.30. The average Bonchev–Trinajstić information content (AvgIpc) is 2.41. The molecule has 4 nitrogen and oxygen atoms in total. The highest BCUT2D eigenvalue weighted by atomic mass is 35.5. The molecule has 2 aromatic carbocycles. The number of ether oxygens (including phenoxy) is 1. The van der Waals surface area contributed by atoms with E-state index in [1.54, 1.807) is 48.5 Å². The Morgan fingerprint density at radius 1 is 1.16 bits per heavy atom. The molecular formula is C14H12ClNO3. The first-order valence-corrected chi connectivity index (χ1v) is 5.96. The molecule has 0 fully saturated rings. The van der Waals surface area contributed by atoms with Crippen molar-refractivity contribution in [2.75, 3.05) is 0 Å². The third-order valence-corrected chi connectivity index (χ3v) is 2.81. The highest BCUT2D eigenvalue weighted by molar-refractivity contribution is 6.30. The van der Waals surface area contributed by atoms with Crippen LogP contribution >= 0.6 is 11.6 Å². The molecule has 0 amide bonds. The lowest BCUT2D eigenvalue weighted by atomic mass is 10.1. The van der Waals surface area contributed by atoms with Crippen LogP contribution in [0.1, 0.15) is 11.6 Å². The number of carboxylic acids is 1. The summed E-state index contributed by atoms with van der Waals surface area (Å²) in [7, 11) is 0. The van der Waals surface area contributed by atoms with Crippen molar-refractivity contribution in [3.8, 4) is 11.5 Å². The number of rotatable bonds is 4. The van der Waals surface area contributed by atoms with Gasteiger partial charge in [0.15, 0.2) is 0 Å². The summed E-state index contributed by atoms with van der Waals surface area (Å²) < 4.78 is 5.63. The van der Waals surface area contributed by atoms with Crippen molar-refractivity contribution in [1.82, 2.24) is 0 Å². The van der Waals surface area contributed by atoms with Crippen LogP contribution in [0.2, 0.25) is 5.02 Å². The number of hydrogen-bond donors (Lipinski definition) is 2. The fraction of sp³-hybridized carbons (Fsp3) is 0.0714. The number of carboxylic acid groups (broad SMARTS) is 1. The zero-order valence-electron chi connectivity index (χ0n) is 9.92. The normalized spacial score (nSPS) is 11.9. The van der Waals surface area contributed by atoms with Gasteiger partial charge < -0.3 is 15.6 Å². The Hall–Kier alpha value is -2.04. The van der Waals surface area contributed by atoms with Gasteiger partial charge in [0.2, 0.25) is 0 Å². The van der Waals surface area contributed by atoms with Crippen LogP contribution in [-0.2, 0) is 4.79 Å². The molecule has 1 unspecified atom stereocenters. The van der Waals surface area contributed by atoms with E-state index < -0.39 is 12.0 Å². The van der Waals surface area contributed by atoms with E-state index in [1.165, 1.54) is 0 Å². The SMILES string of the molecule is NC(C(=O)O)c1ccccc1Oc1ccc(Cl)cc1. The molecule has 0 radical (unpaired) electrons. The Labute approximate surface area is 115 Å². The standard InChI is InChI=1S/C14H12ClNO3/c15-9-5-7-10(8-6-9)19-12-4-2-1-3-11(12)13(16)14(17)18/h1-8,13H,16H2,(H,17,18). The van der Waals surface area contributed by atoms with Gasteiger partial charge in [-0.15, -0.1) is 0 Å². The van der Waals surface area contributed by atoms with Crippen molar-refractivity contribution >= 4 is 17.6 Å². The quantitative estimate of drug-likeness (QED) is 0.900. The third kappa shape index (κ3) is 3.24. The monoisotopic (exact) mass is 277 g/mol.